The lowest BCUT2D eigenvalue weighted by molar-refractivity contribution is -0.114. The molecule has 2 heterocycles. The highest BCUT2D eigenvalue weighted by Gasteiger charge is 2.35. The average Bonchev–Trinajstić information content (AvgIpc) is 3.24. The van der Waals surface area contributed by atoms with E-state index in [4.69, 9.17) is 23.2 Å². The number of hydrogen-bond donors (Lipinski definition) is 1. The molecule has 0 saturated carbocycles. The van der Waals surface area contributed by atoms with Crippen LogP contribution in [-0.4, -0.2) is 5.91 Å². The second-order valence-electron chi connectivity index (χ2n) is 5.83. The smallest absolute Gasteiger partial charge is 0.275 e. The van der Waals surface area contributed by atoms with Gasteiger partial charge in [-0.15, -0.1) is 11.3 Å². The van der Waals surface area contributed by atoms with Gasteiger partial charge in [-0.05, 0) is 53.9 Å². The number of amides is 1. The Morgan fingerprint density at radius 2 is 1.73 bits per heavy atom. The summed E-state index contributed by atoms with van der Waals surface area (Å²) < 4.78 is 0. The molecule has 1 aliphatic heterocycles. The zero-order valence-corrected chi connectivity index (χ0v) is 15.9. The van der Waals surface area contributed by atoms with Crippen LogP contribution in [0.2, 0.25) is 10.0 Å². The Hall–Kier alpha value is -2.27. The summed E-state index contributed by atoms with van der Waals surface area (Å²) in [5, 5.41) is 6.41. The Kier molecular flexibility index (Phi) is 4.72. The monoisotopic (exact) mass is 400 g/mol. The fraction of sp³-hybridized carbons (Fsp3) is 0.0500. The molecule has 1 aliphatic rings. The van der Waals surface area contributed by atoms with Gasteiger partial charge in [0.25, 0.3) is 5.91 Å². The van der Waals surface area contributed by atoms with Crippen molar-refractivity contribution in [1.82, 2.24) is 0 Å². The van der Waals surface area contributed by atoms with E-state index in [0.717, 1.165) is 16.3 Å². The maximum Gasteiger partial charge on any atom is 0.275 e. The van der Waals surface area contributed by atoms with Crippen molar-refractivity contribution in [2.45, 2.75) is 6.04 Å². The number of nitrogens with zero attached hydrogens (tertiary/aromatic N) is 1. The van der Waals surface area contributed by atoms with Gasteiger partial charge in [0.05, 0.1) is 6.04 Å². The largest absolute Gasteiger partial charge is 0.351 e. The van der Waals surface area contributed by atoms with Gasteiger partial charge in [-0.3, -0.25) is 9.69 Å². The Balaban J connectivity index is 1.72. The van der Waals surface area contributed by atoms with E-state index < -0.39 is 0 Å². The fourth-order valence-electron chi connectivity index (χ4n) is 2.95. The summed E-state index contributed by atoms with van der Waals surface area (Å²) in [6, 6.07) is 18.5. The topological polar surface area (TPSA) is 32.3 Å². The van der Waals surface area contributed by atoms with E-state index in [2.05, 4.69) is 5.32 Å². The Morgan fingerprint density at radius 1 is 0.962 bits per heavy atom. The minimum absolute atomic E-state index is 0.106. The number of anilines is 2. The van der Waals surface area contributed by atoms with Crippen LogP contribution < -0.4 is 10.2 Å². The van der Waals surface area contributed by atoms with Gasteiger partial charge in [-0.25, -0.2) is 0 Å². The van der Waals surface area contributed by atoms with Gasteiger partial charge in [0, 0.05) is 26.3 Å². The number of nitrogens with one attached hydrogen (secondary N) is 1. The third kappa shape index (κ3) is 3.36. The van der Waals surface area contributed by atoms with Gasteiger partial charge in [0.2, 0.25) is 0 Å². The van der Waals surface area contributed by atoms with E-state index in [1.54, 1.807) is 40.5 Å². The molecule has 0 saturated heterocycles. The molecular formula is C20H14Cl2N2OS. The first kappa shape index (κ1) is 17.2. The number of carbonyl (C=O) groups excluding carboxylic acids is 1. The molecule has 3 nitrogen and oxygen atoms in total. The molecule has 26 heavy (non-hydrogen) atoms. The number of hydrogen-bond acceptors (Lipinski definition) is 3. The first-order chi connectivity index (χ1) is 12.6. The number of carbonyl (C=O) groups is 1. The van der Waals surface area contributed by atoms with Gasteiger partial charge in [-0.1, -0.05) is 41.4 Å². The second-order valence-corrected chi connectivity index (χ2v) is 7.68. The fourth-order valence-corrected chi connectivity index (χ4v) is 4.11. The number of thiophene rings is 1. The van der Waals surface area contributed by atoms with Crippen LogP contribution in [0.5, 0.6) is 0 Å². The molecule has 1 atom stereocenters. The van der Waals surface area contributed by atoms with Crippen molar-refractivity contribution in [2.75, 3.05) is 10.2 Å². The number of rotatable bonds is 4. The minimum atomic E-state index is -0.178. The van der Waals surface area contributed by atoms with Crippen LogP contribution in [0.4, 0.5) is 11.4 Å². The predicted octanol–water partition coefficient (Wildman–Crippen LogP) is 6.14. The summed E-state index contributed by atoms with van der Waals surface area (Å²) in [7, 11) is 0. The number of halogens is 2. The lowest BCUT2D eigenvalue weighted by Crippen LogP contribution is -2.30. The summed E-state index contributed by atoms with van der Waals surface area (Å²) in [4.78, 5) is 16.0. The highest BCUT2D eigenvalue weighted by molar-refractivity contribution is 7.10. The molecule has 1 aromatic heterocycles. The minimum Gasteiger partial charge on any atom is -0.351 e. The maximum absolute atomic E-state index is 13.1. The summed E-state index contributed by atoms with van der Waals surface area (Å²) in [6.07, 6.45) is 1.94. The molecule has 1 N–H and O–H groups in total. The molecule has 0 bridgehead atoms. The molecule has 0 radical (unpaired) electrons. The molecule has 6 heteroatoms. The molecule has 0 spiro atoms. The molecule has 1 amide bonds. The van der Waals surface area contributed by atoms with Crippen LogP contribution in [-0.2, 0) is 4.79 Å². The second kappa shape index (κ2) is 7.16. The van der Waals surface area contributed by atoms with Crippen molar-refractivity contribution in [3.63, 3.8) is 0 Å². The first-order valence-electron chi connectivity index (χ1n) is 7.99. The zero-order chi connectivity index (χ0) is 18.1. The van der Waals surface area contributed by atoms with Crippen molar-refractivity contribution in [3.05, 3.63) is 92.7 Å². The highest BCUT2D eigenvalue weighted by atomic mass is 35.5. The van der Waals surface area contributed by atoms with Crippen molar-refractivity contribution in [2.24, 2.45) is 0 Å². The van der Waals surface area contributed by atoms with Gasteiger partial charge < -0.3 is 5.32 Å². The van der Waals surface area contributed by atoms with E-state index in [1.807, 2.05) is 47.9 Å². The van der Waals surface area contributed by atoms with Crippen LogP contribution in [0.3, 0.4) is 0 Å². The predicted molar refractivity (Wildman–Crippen MR) is 109 cm³/mol. The van der Waals surface area contributed by atoms with Gasteiger partial charge in [-0.2, -0.15) is 0 Å². The van der Waals surface area contributed by atoms with Gasteiger partial charge in [0.15, 0.2) is 0 Å². The van der Waals surface area contributed by atoms with Gasteiger partial charge >= 0.3 is 0 Å². The maximum atomic E-state index is 13.1. The highest BCUT2D eigenvalue weighted by Crippen LogP contribution is 2.38. The quantitative estimate of drug-likeness (QED) is 0.570. The molecule has 0 aliphatic carbocycles. The van der Waals surface area contributed by atoms with Crippen molar-refractivity contribution >= 4 is 51.8 Å². The Morgan fingerprint density at radius 3 is 2.42 bits per heavy atom. The van der Waals surface area contributed by atoms with Crippen LogP contribution in [0.25, 0.3) is 0 Å². The van der Waals surface area contributed by atoms with Gasteiger partial charge in [0.1, 0.15) is 5.70 Å². The van der Waals surface area contributed by atoms with Crippen LogP contribution in [0.15, 0.2) is 77.8 Å². The lowest BCUT2D eigenvalue weighted by Gasteiger charge is -2.24. The Labute approximate surface area is 165 Å². The number of benzene rings is 2. The molecule has 3 aromatic rings. The third-order valence-electron chi connectivity index (χ3n) is 4.08. The third-order valence-corrected chi connectivity index (χ3v) is 5.49. The average molecular weight is 401 g/mol. The van der Waals surface area contributed by atoms with Crippen molar-refractivity contribution < 1.29 is 4.79 Å². The van der Waals surface area contributed by atoms with Crippen LogP contribution in [0.1, 0.15) is 10.9 Å². The summed E-state index contributed by atoms with van der Waals surface area (Å²) in [6.45, 7) is 0. The van der Waals surface area contributed by atoms with E-state index in [1.165, 1.54) is 0 Å². The van der Waals surface area contributed by atoms with Crippen LogP contribution >= 0.6 is 34.5 Å². The summed E-state index contributed by atoms with van der Waals surface area (Å²) >= 11 is 13.8. The van der Waals surface area contributed by atoms with E-state index >= 15 is 0 Å². The molecule has 2 aromatic carbocycles. The normalized spacial score (nSPS) is 16.7. The molecule has 0 unspecified atom stereocenters. The van der Waals surface area contributed by atoms with E-state index in [0.29, 0.717) is 15.7 Å². The SMILES string of the molecule is O=C1C(Nc2cccc(Cl)c2)=C[C@@H](c2cccs2)N1c1cccc(Cl)c1. The van der Waals surface area contributed by atoms with E-state index in [-0.39, 0.29) is 11.9 Å². The molecular weight excluding hydrogens is 387 g/mol. The molecule has 4 rings (SSSR count). The first-order valence-corrected chi connectivity index (χ1v) is 9.62. The van der Waals surface area contributed by atoms with Crippen molar-refractivity contribution in [1.29, 1.82) is 0 Å². The molecule has 0 fully saturated rings. The summed E-state index contributed by atoms with van der Waals surface area (Å²) in [5.74, 6) is -0.106. The standard InChI is InChI=1S/C20H14Cl2N2OS/c21-13-4-1-6-15(10-13)23-17-12-18(19-8-3-9-26-19)24(20(17)25)16-7-2-5-14(22)11-16/h1-12,18,23H/t18-/m0/s1. The Bertz CT molecular complexity index is 985. The molecule has 130 valence electrons. The zero-order valence-electron chi connectivity index (χ0n) is 13.5. The van der Waals surface area contributed by atoms with Crippen LogP contribution in [0, 0.1) is 0 Å². The lowest BCUT2D eigenvalue weighted by atomic mass is 10.2. The summed E-state index contributed by atoms with van der Waals surface area (Å²) in [5.41, 5.74) is 2.06. The van der Waals surface area contributed by atoms with Crippen molar-refractivity contribution in [3.8, 4) is 0 Å². The van der Waals surface area contributed by atoms with E-state index in [9.17, 15) is 4.79 Å².